The van der Waals surface area contributed by atoms with Crippen LogP contribution in [0.4, 0.5) is 0 Å². The van der Waals surface area contributed by atoms with Crippen molar-refractivity contribution in [3.8, 4) is 5.75 Å². The van der Waals surface area contributed by atoms with Crippen LogP contribution in [-0.4, -0.2) is 29.5 Å². The largest absolute Gasteiger partial charge is 0.497 e. The Balaban J connectivity index is 1.61. The highest BCUT2D eigenvalue weighted by Crippen LogP contribution is 2.18. The highest BCUT2D eigenvalue weighted by atomic mass is 79.9. The van der Waals surface area contributed by atoms with Crippen molar-refractivity contribution in [2.75, 3.05) is 13.7 Å². The zero-order chi connectivity index (χ0) is 16.2. The molecule has 0 saturated heterocycles. The van der Waals surface area contributed by atoms with E-state index in [4.69, 9.17) is 4.74 Å². The first-order valence-electron chi connectivity index (χ1n) is 7.22. The van der Waals surface area contributed by atoms with Crippen LogP contribution in [0, 0.1) is 0 Å². The summed E-state index contributed by atoms with van der Waals surface area (Å²) in [5, 5.41) is 2.90. The molecule has 2 aromatic carbocycles. The maximum atomic E-state index is 12.1. The summed E-state index contributed by atoms with van der Waals surface area (Å²) in [4.78, 5) is 19.8. The number of hydrogen-bond donors (Lipinski definition) is 2. The van der Waals surface area contributed by atoms with Crippen LogP contribution in [0.5, 0.6) is 5.75 Å². The van der Waals surface area contributed by atoms with Crippen LogP contribution >= 0.6 is 15.9 Å². The molecule has 0 bridgehead atoms. The maximum Gasteiger partial charge on any atom is 0.251 e. The number of rotatable bonds is 5. The van der Waals surface area contributed by atoms with Gasteiger partial charge >= 0.3 is 0 Å². The molecule has 0 aliphatic rings. The molecule has 1 heterocycles. The molecule has 0 fully saturated rings. The fourth-order valence-electron chi connectivity index (χ4n) is 2.31. The minimum Gasteiger partial charge on any atom is -0.497 e. The first kappa shape index (κ1) is 15.6. The van der Waals surface area contributed by atoms with Crippen LogP contribution in [-0.2, 0) is 6.42 Å². The standard InChI is InChI=1S/C17H16BrN3O2/c1-23-13-5-6-14-15(10-13)21-16(20-14)7-8-19-17(22)11-3-2-4-12(18)9-11/h2-6,9-10H,7-8H2,1H3,(H,19,22)(H,20,21). The quantitative estimate of drug-likeness (QED) is 0.720. The highest BCUT2D eigenvalue weighted by Gasteiger charge is 2.07. The van der Waals surface area contributed by atoms with Crippen LogP contribution < -0.4 is 10.1 Å². The number of aromatic amines is 1. The molecule has 3 rings (SSSR count). The molecule has 1 amide bonds. The van der Waals surface area contributed by atoms with Gasteiger partial charge in [-0.15, -0.1) is 0 Å². The van der Waals surface area contributed by atoms with Gasteiger partial charge in [-0.05, 0) is 30.3 Å². The molecular formula is C17H16BrN3O2. The van der Waals surface area contributed by atoms with E-state index in [1.165, 1.54) is 0 Å². The van der Waals surface area contributed by atoms with Crippen molar-refractivity contribution in [1.82, 2.24) is 15.3 Å². The zero-order valence-corrected chi connectivity index (χ0v) is 14.2. The smallest absolute Gasteiger partial charge is 0.251 e. The van der Waals surface area contributed by atoms with Gasteiger partial charge in [0.15, 0.2) is 0 Å². The molecule has 6 heteroatoms. The van der Waals surface area contributed by atoms with Gasteiger partial charge in [-0.1, -0.05) is 22.0 Å². The lowest BCUT2D eigenvalue weighted by Crippen LogP contribution is -2.25. The topological polar surface area (TPSA) is 67.0 Å². The third kappa shape index (κ3) is 3.71. The summed E-state index contributed by atoms with van der Waals surface area (Å²) in [6, 6.07) is 13.0. The molecule has 23 heavy (non-hydrogen) atoms. The second-order valence-corrected chi connectivity index (χ2v) is 6.00. The number of fused-ring (bicyclic) bond motifs is 1. The second kappa shape index (κ2) is 6.83. The van der Waals surface area contributed by atoms with Crippen molar-refractivity contribution in [3.05, 3.63) is 58.3 Å². The van der Waals surface area contributed by atoms with Gasteiger partial charge in [0, 0.05) is 29.1 Å². The molecule has 0 atom stereocenters. The minimum absolute atomic E-state index is 0.0934. The maximum absolute atomic E-state index is 12.1. The van der Waals surface area contributed by atoms with Crippen LogP contribution in [0.3, 0.4) is 0 Å². The predicted octanol–water partition coefficient (Wildman–Crippen LogP) is 3.31. The van der Waals surface area contributed by atoms with Crippen LogP contribution in [0.2, 0.25) is 0 Å². The minimum atomic E-state index is -0.0934. The number of ether oxygens (including phenoxy) is 1. The summed E-state index contributed by atoms with van der Waals surface area (Å²) in [5.41, 5.74) is 2.45. The van der Waals surface area contributed by atoms with E-state index in [0.29, 0.717) is 18.5 Å². The first-order chi connectivity index (χ1) is 11.2. The molecule has 0 saturated carbocycles. The van der Waals surface area contributed by atoms with Gasteiger partial charge in [0.05, 0.1) is 18.1 Å². The number of benzene rings is 2. The van der Waals surface area contributed by atoms with Gasteiger partial charge in [0.25, 0.3) is 5.91 Å². The van der Waals surface area contributed by atoms with Crippen molar-refractivity contribution in [1.29, 1.82) is 0 Å². The molecule has 0 aliphatic heterocycles. The molecule has 1 aromatic heterocycles. The molecule has 118 valence electrons. The first-order valence-corrected chi connectivity index (χ1v) is 8.01. The number of hydrogen-bond acceptors (Lipinski definition) is 3. The summed E-state index contributed by atoms with van der Waals surface area (Å²) in [5.74, 6) is 1.53. The Bertz CT molecular complexity index is 845. The van der Waals surface area contributed by atoms with Gasteiger partial charge in [-0.3, -0.25) is 4.79 Å². The fraction of sp³-hybridized carbons (Fsp3) is 0.176. The molecule has 0 aliphatic carbocycles. The predicted molar refractivity (Wildman–Crippen MR) is 92.8 cm³/mol. The Morgan fingerprint density at radius 2 is 2.17 bits per heavy atom. The number of carbonyl (C=O) groups excluding carboxylic acids is 1. The van der Waals surface area contributed by atoms with Gasteiger partial charge in [0.1, 0.15) is 11.6 Å². The second-order valence-electron chi connectivity index (χ2n) is 5.08. The Kier molecular flexibility index (Phi) is 4.62. The number of methoxy groups -OCH3 is 1. The van der Waals surface area contributed by atoms with Crippen molar-refractivity contribution in [2.45, 2.75) is 6.42 Å². The Morgan fingerprint density at radius 3 is 2.96 bits per heavy atom. The summed E-state index contributed by atoms with van der Waals surface area (Å²) in [6.07, 6.45) is 0.636. The zero-order valence-electron chi connectivity index (χ0n) is 12.6. The highest BCUT2D eigenvalue weighted by molar-refractivity contribution is 9.10. The van der Waals surface area contributed by atoms with Crippen LogP contribution in [0.15, 0.2) is 46.9 Å². The number of aromatic nitrogens is 2. The van der Waals surface area contributed by atoms with E-state index < -0.39 is 0 Å². The summed E-state index contributed by atoms with van der Waals surface area (Å²) in [6.45, 7) is 0.516. The average Bonchev–Trinajstić information content (AvgIpc) is 2.96. The third-order valence-electron chi connectivity index (χ3n) is 3.47. The third-order valence-corrected chi connectivity index (χ3v) is 3.97. The van der Waals surface area contributed by atoms with Crippen molar-refractivity contribution >= 4 is 32.9 Å². The van der Waals surface area contributed by atoms with Gasteiger partial charge < -0.3 is 15.0 Å². The van der Waals surface area contributed by atoms with Crippen molar-refractivity contribution < 1.29 is 9.53 Å². The molecule has 5 nitrogen and oxygen atoms in total. The molecular weight excluding hydrogens is 358 g/mol. The summed E-state index contributed by atoms with van der Waals surface area (Å²) < 4.78 is 6.08. The lowest BCUT2D eigenvalue weighted by molar-refractivity contribution is 0.0954. The fourth-order valence-corrected chi connectivity index (χ4v) is 2.71. The van der Waals surface area contributed by atoms with Gasteiger partial charge in [-0.2, -0.15) is 0 Å². The lowest BCUT2D eigenvalue weighted by atomic mass is 10.2. The van der Waals surface area contributed by atoms with E-state index in [2.05, 4.69) is 31.2 Å². The molecule has 0 spiro atoms. The Labute approximate surface area is 142 Å². The summed E-state index contributed by atoms with van der Waals surface area (Å²) >= 11 is 3.36. The number of halogens is 1. The lowest BCUT2D eigenvalue weighted by Gasteiger charge is -2.04. The van der Waals surface area contributed by atoms with Gasteiger partial charge in [0.2, 0.25) is 0 Å². The van der Waals surface area contributed by atoms with Gasteiger partial charge in [-0.25, -0.2) is 4.98 Å². The Morgan fingerprint density at radius 1 is 1.30 bits per heavy atom. The van der Waals surface area contributed by atoms with Crippen molar-refractivity contribution in [3.63, 3.8) is 0 Å². The summed E-state index contributed by atoms with van der Waals surface area (Å²) in [7, 11) is 1.63. The van der Waals surface area contributed by atoms with E-state index in [1.807, 2.05) is 30.3 Å². The average molecular weight is 374 g/mol. The molecule has 0 radical (unpaired) electrons. The van der Waals surface area contributed by atoms with Crippen LogP contribution in [0.25, 0.3) is 11.0 Å². The van der Waals surface area contributed by atoms with E-state index in [0.717, 1.165) is 27.1 Å². The monoisotopic (exact) mass is 373 g/mol. The molecule has 2 N–H and O–H groups in total. The van der Waals surface area contributed by atoms with Crippen molar-refractivity contribution in [2.24, 2.45) is 0 Å². The number of amides is 1. The molecule has 0 unspecified atom stereocenters. The SMILES string of the molecule is COc1ccc2nc(CCNC(=O)c3cccc(Br)c3)[nH]c2c1. The van der Waals surface area contributed by atoms with E-state index in [9.17, 15) is 4.79 Å². The van der Waals surface area contributed by atoms with Crippen LogP contribution in [0.1, 0.15) is 16.2 Å². The Hall–Kier alpha value is -2.34. The van der Waals surface area contributed by atoms with E-state index in [-0.39, 0.29) is 5.91 Å². The number of imidazole rings is 1. The molecule has 3 aromatic rings. The number of carbonyl (C=O) groups is 1. The number of nitrogens with zero attached hydrogens (tertiary/aromatic N) is 1. The number of H-pyrrole nitrogens is 1. The van der Waals surface area contributed by atoms with E-state index in [1.54, 1.807) is 19.2 Å². The van der Waals surface area contributed by atoms with E-state index >= 15 is 0 Å². The number of nitrogens with one attached hydrogen (secondary N) is 2. The normalized spacial score (nSPS) is 10.7.